The molecule has 0 radical (unpaired) electrons. The SMILES string of the molecule is OCCOCCc1cccc(C2(c3cccc(CCOCCO)c3)c3cc(Br)ccc3-c3ccc(Br)cc32)c1. The molecule has 4 aromatic rings. The smallest absolute Gasteiger partial charge is 0.0714 e. The third-order valence-electron chi connectivity index (χ3n) is 7.32. The van der Waals surface area contributed by atoms with Crippen LogP contribution in [0.3, 0.4) is 0 Å². The molecule has 0 saturated heterocycles. The Morgan fingerprint density at radius 1 is 0.564 bits per heavy atom. The summed E-state index contributed by atoms with van der Waals surface area (Å²) in [6, 6.07) is 30.8. The van der Waals surface area contributed by atoms with Crippen molar-refractivity contribution in [3.8, 4) is 11.1 Å². The summed E-state index contributed by atoms with van der Waals surface area (Å²) in [4.78, 5) is 0. The van der Waals surface area contributed by atoms with Gasteiger partial charge in [0.15, 0.2) is 0 Å². The molecule has 0 heterocycles. The van der Waals surface area contributed by atoms with Crippen LogP contribution in [0.4, 0.5) is 0 Å². The van der Waals surface area contributed by atoms with Crippen LogP contribution in [0.15, 0.2) is 93.9 Å². The lowest BCUT2D eigenvalue weighted by atomic mass is 9.67. The summed E-state index contributed by atoms with van der Waals surface area (Å²) in [5, 5.41) is 18.2. The molecule has 0 bridgehead atoms. The predicted molar refractivity (Wildman–Crippen MR) is 162 cm³/mol. The highest BCUT2D eigenvalue weighted by Crippen LogP contribution is 2.57. The molecule has 39 heavy (non-hydrogen) atoms. The Morgan fingerprint density at radius 2 is 1.03 bits per heavy atom. The van der Waals surface area contributed by atoms with Crippen molar-refractivity contribution in [1.82, 2.24) is 0 Å². The Labute approximate surface area is 246 Å². The van der Waals surface area contributed by atoms with E-state index in [0.29, 0.717) is 26.4 Å². The maximum Gasteiger partial charge on any atom is 0.0714 e. The quantitative estimate of drug-likeness (QED) is 0.148. The Balaban J connectivity index is 1.70. The van der Waals surface area contributed by atoms with Crippen molar-refractivity contribution in [1.29, 1.82) is 0 Å². The molecule has 0 atom stereocenters. The molecule has 1 aliphatic rings. The van der Waals surface area contributed by atoms with Crippen molar-refractivity contribution in [3.05, 3.63) is 127 Å². The van der Waals surface area contributed by atoms with Crippen molar-refractivity contribution in [2.75, 3.05) is 39.6 Å². The topological polar surface area (TPSA) is 58.9 Å². The van der Waals surface area contributed by atoms with Crippen LogP contribution in [0, 0.1) is 0 Å². The Morgan fingerprint density at radius 3 is 1.46 bits per heavy atom. The third kappa shape index (κ3) is 5.78. The van der Waals surface area contributed by atoms with Gasteiger partial charge < -0.3 is 19.7 Å². The van der Waals surface area contributed by atoms with E-state index in [2.05, 4.69) is 117 Å². The van der Waals surface area contributed by atoms with Gasteiger partial charge in [-0.2, -0.15) is 0 Å². The van der Waals surface area contributed by atoms with Gasteiger partial charge >= 0.3 is 0 Å². The van der Waals surface area contributed by atoms with Crippen LogP contribution in [0.1, 0.15) is 33.4 Å². The number of rotatable bonds is 12. The minimum Gasteiger partial charge on any atom is -0.394 e. The second-order valence-corrected chi connectivity index (χ2v) is 11.5. The fourth-order valence-corrected chi connectivity index (χ4v) is 6.41. The summed E-state index contributed by atoms with van der Waals surface area (Å²) in [5.41, 5.74) is 9.21. The molecule has 202 valence electrons. The van der Waals surface area contributed by atoms with E-state index in [4.69, 9.17) is 19.7 Å². The molecule has 0 saturated carbocycles. The van der Waals surface area contributed by atoms with Crippen molar-refractivity contribution >= 4 is 31.9 Å². The number of hydrogen-bond acceptors (Lipinski definition) is 4. The molecule has 0 aromatic heterocycles. The zero-order valence-corrected chi connectivity index (χ0v) is 24.9. The monoisotopic (exact) mass is 650 g/mol. The largest absolute Gasteiger partial charge is 0.394 e. The normalized spacial score (nSPS) is 13.3. The van der Waals surface area contributed by atoms with E-state index < -0.39 is 5.41 Å². The van der Waals surface area contributed by atoms with Gasteiger partial charge in [0.05, 0.1) is 45.1 Å². The average Bonchev–Trinajstić information content (AvgIpc) is 3.23. The van der Waals surface area contributed by atoms with Crippen molar-refractivity contribution in [3.63, 3.8) is 0 Å². The molecule has 5 rings (SSSR count). The highest BCUT2D eigenvalue weighted by atomic mass is 79.9. The molecule has 0 spiro atoms. The zero-order valence-electron chi connectivity index (χ0n) is 21.7. The second kappa shape index (κ2) is 12.9. The van der Waals surface area contributed by atoms with Crippen LogP contribution in [-0.2, 0) is 27.7 Å². The van der Waals surface area contributed by atoms with Crippen molar-refractivity contribution in [2.24, 2.45) is 0 Å². The lowest BCUT2D eigenvalue weighted by Crippen LogP contribution is -2.29. The number of fused-ring (bicyclic) bond motifs is 3. The fourth-order valence-electron chi connectivity index (χ4n) is 5.69. The standard InChI is InChI=1S/C33H32Br2O4/c34-27-7-9-29-30-10-8-28(35)22-32(30)33(31(29)21-27,25-5-1-3-23(19-25)11-15-38-17-13-36)26-6-2-4-24(20-26)12-16-39-18-14-37/h1-10,19-22,36-37H,11-18H2. The van der Waals surface area contributed by atoms with E-state index in [1.807, 2.05) is 0 Å². The van der Waals surface area contributed by atoms with Crippen LogP contribution in [0.5, 0.6) is 0 Å². The van der Waals surface area contributed by atoms with Gasteiger partial charge in [-0.3, -0.25) is 0 Å². The maximum absolute atomic E-state index is 9.09. The summed E-state index contributed by atoms with van der Waals surface area (Å²) in [6.45, 7) is 1.88. The van der Waals surface area contributed by atoms with E-state index in [1.54, 1.807) is 0 Å². The third-order valence-corrected chi connectivity index (χ3v) is 8.31. The first-order valence-corrected chi connectivity index (χ1v) is 14.8. The summed E-state index contributed by atoms with van der Waals surface area (Å²) in [7, 11) is 0. The van der Waals surface area contributed by atoms with E-state index >= 15 is 0 Å². The first-order chi connectivity index (χ1) is 19.1. The first-order valence-electron chi connectivity index (χ1n) is 13.2. The number of aliphatic hydroxyl groups excluding tert-OH is 2. The molecule has 0 fully saturated rings. The first kappa shape index (κ1) is 28.2. The van der Waals surface area contributed by atoms with Gasteiger partial charge in [0.1, 0.15) is 0 Å². The molecule has 4 aromatic carbocycles. The van der Waals surface area contributed by atoms with Gasteiger partial charge in [-0.1, -0.05) is 92.5 Å². The van der Waals surface area contributed by atoms with E-state index in [-0.39, 0.29) is 13.2 Å². The molecule has 0 amide bonds. The lowest BCUT2D eigenvalue weighted by Gasteiger charge is -2.34. The number of hydrogen-bond donors (Lipinski definition) is 2. The van der Waals surface area contributed by atoms with Crippen molar-refractivity contribution in [2.45, 2.75) is 18.3 Å². The minimum absolute atomic E-state index is 0.0296. The van der Waals surface area contributed by atoms with E-state index in [9.17, 15) is 0 Å². The van der Waals surface area contributed by atoms with Gasteiger partial charge in [-0.15, -0.1) is 0 Å². The van der Waals surface area contributed by atoms with Gasteiger partial charge in [-0.05, 0) is 81.6 Å². The van der Waals surface area contributed by atoms with Crippen molar-refractivity contribution < 1.29 is 19.7 Å². The molecule has 4 nitrogen and oxygen atoms in total. The van der Waals surface area contributed by atoms with Gasteiger partial charge in [-0.25, -0.2) is 0 Å². The number of ether oxygens (including phenoxy) is 2. The Kier molecular flexibility index (Phi) is 9.33. The lowest BCUT2D eigenvalue weighted by molar-refractivity contribution is 0.0944. The average molecular weight is 652 g/mol. The number of benzene rings is 4. The zero-order chi connectivity index (χ0) is 27.2. The van der Waals surface area contributed by atoms with Crippen LogP contribution in [-0.4, -0.2) is 49.9 Å². The highest BCUT2D eigenvalue weighted by Gasteiger charge is 2.46. The summed E-state index contributed by atoms with van der Waals surface area (Å²) in [6.07, 6.45) is 1.53. The molecule has 0 aliphatic heterocycles. The van der Waals surface area contributed by atoms with Crippen LogP contribution in [0.2, 0.25) is 0 Å². The summed E-state index contributed by atoms with van der Waals surface area (Å²) >= 11 is 7.53. The number of aliphatic hydroxyl groups is 2. The second-order valence-electron chi connectivity index (χ2n) is 9.70. The van der Waals surface area contributed by atoms with Crippen LogP contribution < -0.4 is 0 Å². The van der Waals surface area contributed by atoms with E-state index in [0.717, 1.165) is 21.8 Å². The van der Waals surface area contributed by atoms with Crippen LogP contribution >= 0.6 is 31.9 Å². The highest BCUT2D eigenvalue weighted by molar-refractivity contribution is 9.10. The maximum atomic E-state index is 9.09. The minimum atomic E-state index is -0.526. The molecule has 6 heteroatoms. The molecular weight excluding hydrogens is 620 g/mol. The predicted octanol–water partition coefficient (Wildman–Crippen LogP) is 6.68. The molecule has 1 aliphatic carbocycles. The fraction of sp³-hybridized carbons (Fsp3) is 0.273. The summed E-state index contributed by atoms with van der Waals surface area (Å²) in [5.74, 6) is 0. The van der Waals surface area contributed by atoms with Gasteiger partial charge in [0, 0.05) is 8.95 Å². The number of halogens is 2. The summed E-state index contributed by atoms with van der Waals surface area (Å²) < 4.78 is 13.3. The Hall–Kier alpha value is -2.32. The molecule has 2 N–H and O–H groups in total. The molecule has 0 unspecified atom stereocenters. The van der Waals surface area contributed by atoms with E-state index in [1.165, 1.54) is 44.5 Å². The van der Waals surface area contributed by atoms with Gasteiger partial charge in [0.2, 0.25) is 0 Å². The Bertz CT molecular complexity index is 1330. The molecular formula is C33H32Br2O4. The van der Waals surface area contributed by atoms with Crippen LogP contribution in [0.25, 0.3) is 11.1 Å². The van der Waals surface area contributed by atoms with Gasteiger partial charge in [0.25, 0.3) is 0 Å².